The Morgan fingerprint density at radius 1 is 1.42 bits per heavy atom. The molecule has 8 heteroatoms. The molecule has 0 spiro atoms. The molecule has 4 N–H and O–H groups in total. The van der Waals surface area contributed by atoms with Crippen molar-refractivity contribution in [3.05, 3.63) is 5.69 Å². The Morgan fingerprint density at radius 3 is 2.58 bits per heavy atom. The Hall–Kier alpha value is -1.12. The van der Waals surface area contributed by atoms with Crippen molar-refractivity contribution < 1.29 is 13.5 Å². The first-order valence-corrected chi connectivity index (χ1v) is 7.80. The first kappa shape index (κ1) is 14.3. The average molecular weight is 288 g/mol. The number of nitrogens with zero attached hydrogens (tertiary/aromatic N) is 2. The second-order valence-electron chi connectivity index (χ2n) is 5.00. The van der Waals surface area contributed by atoms with Crippen LogP contribution in [0, 0.1) is 6.92 Å². The monoisotopic (exact) mass is 288 g/mol. The maximum Gasteiger partial charge on any atom is 0.246 e. The van der Waals surface area contributed by atoms with E-state index in [1.54, 1.807) is 14.0 Å². The van der Waals surface area contributed by atoms with E-state index in [1.807, 2.05) is 0 Å². The van der Waals surface area contributed by atoms with Crippen molar-refractivity contribution in [2.75, 3.05) is 5.73 Å². The van der Waals surface area contributed by atoms with Gasteiger partial charge in [-0.3, -0.25) is 4.68 Å². The topological polar surface area (TPSA) is 110 Å². The zero-order chi connectivity index (χ0) is 14.2. The van der Waals surface area contributed by atoms with Crippen LogP contribution in [-0.4, -0.2) is 35.5 Å². The highest BCUT2D eigenvalue weighted by atomic mass is 32.2. The van der Waals surface area contributed by atoms with E-state index in [2.05, 4.69) is 9.82 Å². The van der Waals surface area contributed by atoms with Gasteiger partial charge in [0, 0.05) is 13.1 Å². The molecule has 1 aliphatic carbocycles. The Labute approximate surface area is 112 Å². The van der Waals surface area contributed by atoms with Crippen LogP contribution in [0.25, 0.3) is 0 Å². The fraction of sp³-hybridized carbons (Fsp3) is 0.727. The Kier molecular flexibility index (Phi) is 3.84. The number of rotatable bonds is 3. The molecule has 0 aromatic carbocycles. The van der Waals surface area contributed by atoms with Crippen LogP contribution < -0.4 is 10.5 Å². The van der Waals surface area contributed by atoms with E-state index in [9.17, 15) is 13.5 Å². The first-order chi connectivity index (χ1) is 8.83. The molecule has 0 saturated heterocycles. The summed E-state index contributed by atoms with van der Waals surface area (Å²) in [6.07, 6.45) is 2.45. The molecule has 1 fully saturated rings. The molecule has 19 heavy (non-hydrogen) atoms. The summed E-state index contributed by atoms with van der Waals surface area (Å²) in [6.45, 7) is 1.65. The van der Waals surface area contributed by atoms with Gasteiger partial charge in [-0.15, -0.1) is 0 Å². The minimum atomic E-state index is -3.75. The van der Waals surface area contributed by atoms with Gasteiger partial charge in [-0.1, -0.05) is 12.8 Å². The number of aromatic nitrogens is 2. The molecular formula is C11H20N4O3S. The van der Waals surface area contributed by atoms with Crippen LogP contribution in [0.3, 0.4) is 0 Å². The van der Waals surface area contributed by atoms with Crippen molar-refractivity contribution >= 4 is 15.8 Å². The van der Waals surface area contributed by atoms with Crippen molar-refractivity contribution in [3.8, 4) is 0 Å². The molecule has 1 heterocycles. The molecule has 2 atom stereocenters. The lowest BCUT2D eigenvalue weighted by molar-refractivity contribution is 0.101. The standard InChI is InChI=1S/C11H20N4O3S/c1-7-10(11(12)13-15(7)2)19(17,18)14-8-5-3-4-6-9(8)16/h8-9,14,16H,3-6H2,1-2H3,(H2,12,13)/t8-,9-/m1/s1. The third-order valence-corrected chi connectivity index (χ3v) is 5.26. The molecular weight excluding hydrogens is 268 g/mol. The summed E-state index contributed by atoms with van der Waals surface area (Å²) in [5.74, 6) is -0.0159. The molecule has 0 radical (unpaired) electrons. The third kappa shape index (κ3) is 2.75. The van der Waals surface area contributed by atoms with Crippen molar-refractivity contribution in [1.29, 1.82) is 0 Å². The number of anilines is 1. The molecule has 0 unspecified atom stereocenters. The Morgan fingerprint density at radius 2 is 2.05 bits per heavy atom. The smallest absolute Gasteiger partial charge is 0.246 e. The quantitative estimate of drug-likeness (QED) is 0.719. The van der Waals surface area contributed by atoms with Crippen LogP contribution in [0.4, 0.5) is 5.82 Å². The predicted molar refractivity (Wildman–Crippen MR) is 70.9 cm³/mol. The second kappa shape index (κ2) is 5.10. The maximum atomic E-state index is 12.3. The van der Waals surface area contributed by atoms with Gasteiger partial charge in [0.2, 0.25) is 10.0 Å². The maximum absolute atomic E-state index is 12.3. The van der Waals surface area contributed by atoms with E-state index < -0.39 is 22.2 Å². The number of aliphatic hydroxyl groups is 1. The first-order valence-electron chi connectivity index (χ1n) is 6.32. The zero-order valence-corrected chi connectivity index (χ0v) is 11.9. The van der Waals surface area contributed by atoms with Crippen LogP contribution >= 0.6 is 0 Å². The largest absolute Gasteiger partial charge is 0.391 e. The summed E-state index contributed by atoms with van der Waals surface area (Å²) in [5.41, 5.74) is 6.14. The van der Waals surface area contributed by atoms with E-state index in [0.717, 1.165) is 12.8 Å². The van der Waals surface area contributed by atoms with Gasteiger partial charge in [-0.05, 0) is 19.8 Å². The van der Waals surface area contributed by atoms with Crippen molar-refractivity contribution in [2.24, 2.45) is 7.05 Å². The van der Waals surface area contributed by atoms with Crippen LogP contribution in [0.15, 0.2) is 4.90 Å². The lowest BCUT2D eigenvalue weighted by atomic mass is 9.93. The number of nitrogen functional groups attached to an aromatic ring is 1. The van der Waals surface area contributed by atoms with Gasteiger partial charge in [0.05, 0.1) is 11.8 Å². The van der Waals surface area contributed by atoms with Crippen LogP contribution in [0.5, 0.6) is 0 Å². The Balaban J connectivity index is 2.27. The summed E-state index contributed by atoms with van der Waals surface area (Å²) in [4.78, 5) is 0.00720. The molecule has 108 valence electrons. The number of sulfonamides is 1. The van der Waals surface area contributed by atoms with Gasteiger partial charge < -0.3 is 10.8 Å². The van der Waals surface area contributed by atoms with Gasteiger partial charge in [-0.25, -0.2) is 13.1 Å². The van der Waals surface area contributed by atoms with Gasteiger partial charge in [0.15, 0.2) is 5.82 Å². The molecule has 1 aliphatic rings. The fourth-order valence-electron chi connectivity index (χ4n) is 2.45. The predicted octanol–water partition coefficient (Wildman–Crippen LogP) is -0.107. The summed E-state index contributed by atoms with van der Waals surface area (Å²) in [5, 5.41) is 13.7. The van der Waals surface area contributed by atoms with Gasteiger partial charge in [0.25, 0.3) is 0 Å². The van der Waals surface area contributed by atoms with Gasteiger partial charge in [-0.2, -0.15) is 5.10 Å². The van der Waals surface area contributed by atoms with E-state index in [-0.39, 0.29) is 10.7 Å². The molecule has 0 bridgehead atoms. The minimum Gasteiger partial charge on any atom is -0.391 e. The summed E-state index contributed by atoms with van der Waals surface area (Å²) >= 11 is 0. The molecule has 1 aromatic rings. The number of aryl methyl sites for hydroxylation is 1. The lowest BCUT2D eigenvalue weighted by Gasteiger charge is -2.28. The van der Waals surface area contributed by atoms with Crippen LogP contribution in [0.2, 0.25) is 0 Å². The van der Waals surface area contributed by atoms with Gasteiger partial charge in [0.1, 0.15) is 4.90 Å². The molecule has 1 aromatic heterocycles. The Bertz CT molecular complexity index is 567. The normalized spacial score (nSPS) is 24.6. The number of hydrogen-bond acceptors (Lipinski definition) is 5. The number of hydrogen-bond donors (Lipinski definition) is 3. The summed E-state index contributed by atoms with van der Waals surface area (Å²) in [6, 6.07) is -0.447. The van der Waals surface area contributed by atoms with E-state index in [1.165, 1.54) is 4.68 Å². The van der Waals surface area contributed by atoms with Crippen molar-refractivity contribution in [3.63, 3.8) is 0 Å². The van der Waals surface area contributed by atoms with Crippen molar-refractivity contribution in [1.82, 2.24) is 14.5 Å². The second-order valence-corrected chi connectivity index (χ2v) is 6.65. The SMILES string of the molecule is Cc1c(S(=O)(=O)N[C@@H]2CCCC[C@H]2O)c(N)nn1C. The zero-order valence-electron chi connectivity index (χ0n) is 11.1. The molecule has 7 nitrogen and oxygen atoms in total. The number of aliphatic hydroxyl groups excluding tert-OH is 1. The van der Waals surface area contributed by atoms with Gasteiger partial charge >= 0.3 is 0 Å². The van der Waals surface area contributed by atoms with Crippen LogP contribution in [-0.2, 0) is 17.1 Å². The fourth-order valence-corrected chi connectivity index (χ4v) is 4.08. The molecule has 0 amide bonds. The van der Waals surface area contributed by atoms with Crippen LogP contribution in [0.1, 0.15) is 31.4 Å². The number of nitrogens with one attached hydrogen (secondary N) is 1. The molecule has 1 saturated carbocycles. The summed E-state index contributed by atoms with van der Waals surface area (Å²) in [7, 11) is -2.11. The third-order valence-electron chi connectivity index (χ3n) is 3.61. The van der Waals surface area contributed by atoms with E-state index in [4.69, 9.17) is 5.73 Å². The van der Waals surface area contributed by atoms with Crippen molar-refractivity contribution in [2.45, 2.75) is 49.6 Å². The highest BCUT2D eigenvalue weighted by molar-refractivity contribution is 7.89. The van der Waals surface area contributed by atoms with E-state index in [0.29, 0.717) is 18.5 Å². The summed E-state index contributed by atoms with van der Waals surface area (Å²) < 4.78 is 28.7. The molecule has 2 rings (SSSR count). The average Bonchev–Trinajstić information content (AvgIpc) is 2.56. The number of nitrogens with two attached hydrogens (primary N) is 1. The molecule has 0 aliphatic heterocycles. The highest BCUT2D eigenvalue weighted by Gasteiger charge is 2.31. The highest BCUT2D eigenvalue weighted by Crippen LogP contribution is 2.24. The minimum absolute atomic E-state index is 0.00720. The lowest BCUT2D eigenvalue weighted by Crippen LogP contribution is -2.45. The van der Waals surface area contributed by atoms with E-state index >= 15 is 0 Å².